The molecular weight excluding hydrogens is 78.1 g/mol. The largest absolute Gasteiger partial charge is 0.270 e. The Morgan fingerprint density at radius 3 is 2.67 bits per heavy atom. The zero-order valence-corrected chi connectivity index (χ0v) is 3.50. The van der Waals surface area contributed by atoms with Crippen LogP contribution in [0.5, 0.6) is 0 Å². The summed E-state index contributed by atoms with van der Waals surface area (Å²) in [5, 5.41) is 5.36. The molecule has 3 heteroatoms. The average molecular weight is 83.1 g/mol. The normalized spacial score (nSPS) is 20.2. The van der Waals surface area contributed by atoms with Crippen molar-refractivity contribution in [3.8, 4) is 0 Å². The van der Waals surface area contributed by atoms with Crippen molar-refractivity contribution in [2.45, 2.75) is 0 Å². The molecular formula is C3H5N3+. The first-order chi connectivity index (χ1) is 2.89. The van der Waals surface area contributed by atoms with Gasteiger partial charge in [0.15, 0.2) is 6.34 Å². The van der Waals surface area contributed by atoms with Crippen molar-refractivity contribution in [3.05, 3.63) is 0 Å². The highest BCUT2D eigenvalue weighted by Crippen LogP contribution is 1.76. The third kappa shape index (κ3) is 0.440. The Balaban J connectivity index is 2.60. The SMILES string of the molecule is C[N+]1C=NC=N1. The Morgan fingerprint density at radius 1 is 1.67 bits per heavy atom. The summed E-state index contributed by atoms with van der Waals surface area (Å²) >= 11 is 0. The summed E-state index contributed by atoms with van der Waals surface area (Å²) in [5.74, 6) is 0. The minimum Gasteiger partial charge on any atom is -0.179 e. The molecule has 0 saturated carbocycles. The van der Waals surface area contributed by atoms with Gasteiger partial charge in [-0.2, -0.15) is 4.99 Å². The van der Waals surface area contributed by atoms with E-state index in [-0.39, 0.29) is 0 Å². The summed E-state index contributed by atoms with van der Waals surface area (Å²) in [4.78, 5) is 3.67. The first-order valence-corrected chi connectivity index (χ1v) is 1.68. The zero-order valence-electron chi connectivity index (χ0n) is 3.50. The molecule has 0 saturated heterocycles. The van der Waals surface area contributed by atoms with Gasteiger partial charge in [0.1, 0.15) is 7.05 Å². The molecule has 0 aromatic heterocycles. The Labute approximate surface area is 36.0 Å². The van der Waals surface area contributed by atoms with Crippen molar-refractivity contribution in [3.63, 3.8) is 0 Å². The fourth-order valence-electron chi connectivity index (χ4n) is 0.267. The predicted octanol–water partition coefficient (Wildman–Crippen LogP) is -0.259. The molecule has 0 amide bonds. The molecule has 1 heterocycles. The van der Waals surface area contributed by atoms with E-state index >= 15 is 0 Å². The topological polar surface area (TPSA) is 30.6 Å². The van der Waals surface area contributed by atoms with Crippen LogP contribution in [-0.2, 0) is 0 Å². The van der Waals surface area contributed by atoms with Crippen LogP contribution in [0.4, 0.5) is 0 Å². The second-order valence-electron chi connectivity index (χ2n) is 1.07. The van der Waals surface area contributed by atoms with Gasteiger partial charge in [-0.3, -0.25) is 0 Å². The standard InChI is InChI=1S/C3H5N3/c1-6-3-4-2-5-6/h2-3H,1H3/q+1. The van der Waals surface area contributed by atoms with E-state index in [0.717, 1.165) is 0 Å². The van der Waals surface area contributed by atoms with Crippen LogP contribution in [0.1, 0.15) is 0 Å². The van der Waals surface area contributed by atoms with Crippen LogP contribution in [-0.4, -0.2) is 19.7 Å². The van der Waals surface area contributed by atoms with Gasteiger partial charge in [-0.05, 0) is 5.10 Å². The van der Waals surface area contributed by atoms with Crippen LogP contribution in [0.2, 0.25) is 0 Å². The van der Waals surface area contributed by atoms with Gasteiger partial charge >= 0.3 is 0 Å². The average Bonchev–Trinajstić information content (AvgIpc) is 1.86. The minimum absolute atomic E-state index is 1.50. The number of hydrogen-bond donors (Lipinski definition) is 0. The summed E-state index contributed by atoms with van der Waals surface area (Å²) in [6.45, 7) is 0. The van der Waals surface area contributed by atoms with Crippen molar-refractivity contribution < 1.29 is 0 Å². The van der Waals surface area contributed by atoms with E-state index in [9.17, 15) is 0 Å². The second-order valence-corrected chi connectivity index (χ2v) is 1.07. The summed E-state index contributed by atoms with van der Waals surface area (Å²) < 4.78 is 0. The Kier molecular flexibility index (Phi) is 0.686. The van der Waals surface area contributed by atoms with Crippen LogP contribution in [0, 0.1) is 0 Å². The number of hydrazone groups is 1. The van der Waals surface area contributed by atoms with Crippen molar-refractivity contribution in [2.24, 2.45) is 10.1 Å². The highest BCUT2D eigenvalue weighted by molar-refractivity contribution is 5.77. The number of aliphatic imine (C=N–C) groups is 1. The van der Waals surface area contributed by atoms with E-state index in [1.165, 1.54) is 6.34 Å². The van der Waals surface area contributed by atoms with Crippen LogP contribution in [0.25, 0.3) is 0 Å². The van der Waals surface area contributed by atoms with Gasteiger partial charge in [-0.15, -0.1) is 0 Å². The lowest BCUT2D eigenvalue weighted by atomic mass is 11.1. The van der Waals surface area contributed by atoms with E-state index in [4.69, 9.17) is 0 Å². The third-order valence-electron chi connectivity index (χ3n) is 0.534. The Morgan fingerprint density at radius 2 is 2.50 bits per heavy atom. The lowest BCUT2D eigenvalue weighted by molar-refractivity contribution is 0.754. The first-order valence-electron chi connectivity index (χ1n) is 1.68. The fraction of sp³-hybridized carbons (Fsp3) is 0.333. The molecule has 1 aliphatic rings. The molecule has 0 aliphatic carbocycles. The Bertz CT molecular complexity index is 82.2. The van der Waals surface area contributed by atoms with Crippen molar-refractivity contribution in [1.29, 1.82) is 0 Å². The van der Waals surface area contributed by atoms with Gasteiger partial charge in [0.2, 0.25) is 0 Å². The van der Waals surface area contributed by atoms with E-state index in [1.54, 1.807) is 11.3 Å². The van der Waals surface area contributed by atoms with Gasteiger partial charge in [0.05, 0.1) is 0 Å². The van der Waals surface area contributed by atoms with Crippen LogP contribution >= 0.6 is 0 Å². The fourth-order valence-corrected chi connectivity index (χ4v) is 0.267. The van der Waals surface area contributed by atoms with Crippen molar-refractivity contribution >= 4 is 12.7 Å². The molecule has 0 unspecified atom stereocenters. The van der Waals surface area contributed by atoms with E-state index < -0.39 is 0 Å². The lowest BCUT2D eigenvalue weighted by Gasteiger charge is -1.72. The molecule has 0 N–H and O–H groups in total. The monoisotopic (exact) mass is 83.0 g/mol. The van der Waals surface area contributed by atoms with Gasteiger partial charge in [0, 0.05) is 5.01 Å². The molecule has 3 nitrogen and oxygen atoms in total. The summed E-state index contributed by atoms with van der Waals surface area (Å²) in [5.41, 5.74) is 0. The van der Waals surface area contributed by atoms with E-state index in [2.05, 4.69) is 10.1 Å². The second kappa shape index (κ2) is 1.18. The minimum atomic E-state index is 1.50. The van der Waals surface area contributed by atoms with Gasteiger partial charge < -0.3 is 0 Å². The summed E-state index contributed by atoms with van der Waals surface area (Å²) in [6.07, 6.45) is 3.14. The predicted molar refractivity (Wildman–Crippen MR) is 25.0 cm³/mol. The molecule has 1 rings (SSSR count). The number of rotatable bonds is 0. The van der Waals surface area contributed by atoms with E-state index in [0.29, 0.717) is 0 Å². The van der Waals surface area contributed by atoms with Crippen LogP contribution < -0.4 is 5.01 Å². The zero-order chi connectivity index (χ0) is 4.41. The molecule has 0 bridgehead atoms. The molecule has 0 atom stereocenters. The Hall–Kier alpha value is -0.700. The maximum atomic E-state index is 3.72. The van der Waals surface area contributed by atoms with E-state index in [1.807, 2.05) is 7.05 Å². The summed E-state index contributed by atoms with van der Waals surface area (Å²) in [6, 6.07) is 0. The molecule has 1 aliphatic heterocycles. The number of hydrogen-bond acceptors (Lipinski definition) is 3. The maximum Gasteiger partial charge on any atom is 0.270 e. The molecule has 0 aromatic carbocycles. The quantitative estimate of drug-likeness (QED) is 0.361. The highest BCUT2D eigenvalue weighted by atomic mass is 15.5. The molecule has 31 valence electrons. The van der Waals surface area contributed by atoms with Gasteiger partial charge in [-0.25, -0.2) is 0 Å². The maximum absolute atomic E-state index is 3.72. The molecule has 1 radical (unpaired) electrons. The molecule has 0 fully saturated rings. The highest BCUT2D eigenvalue weighted by Gasteiger charge is 2.01. The summed E-state index contributed by atoms with van der Waals surface area (Å²) in [7, 11) is 1.83. The van der Waals surface area contributed by atoms with Crippen molar-refractivity contribution in [2.75, 3.05) is 7.05 Å². The smallest absolute Gasteiger partial charge is 0.179 e. The van der Waals surface area contributed by atoms with Crippen LogP contribution in [0.15, 0.2) is 10.1 Å². The third-order valence-corrected chi connectivity index (χ3v) is 0.534. The van der Waals surface area contributed by atoms with Gasteiger partial charge in [0.25, 0.3) is 6.34 Å². The molecule has 6 heavy (non-hydrogen) atoms. The first kappa shape index (κ1) is 3.49. The molecule has 0 spiro atoms. The number of nitrogens with zero attached hydrogens (tertiary/aromatic N) is 3. The van der Waals surface area contributed by atoms with Crippen molar-refractivity contribution in [1.82, 2.24) is 5.01 Å². The lowest BCUT2D eigenvalue weighted by Crippen LogP contribution is -2.09. The van der Waals surface area contributed by atoms with Crippen LogP contribution in [0.3, 0.4) is 0 Å². The van der Waals surface area contributed by atoms with Gasteiger partial charge in [-0.1, -0.05) is 0 Å². The molecule has 0 aromatic rings.